The quantitative estimate of drug-likeness (QED) is 0.842. The predicted molar refractivity (Wildman–Crippen MR) is 89.5 cm³/mol. The number of rotatable bonds is 2. The number of aryl methyl sites for hydroxylation is 1. The zero-order chi connectivity index (χ0) is 16.6. The SMILES string of the molecule is Cc1ccc(N2CC[C@@]3(CCCN(c4ncc(F)cn4)C3)C2)nn1. The van der Waals surface area contributed by atoms with Crippen molar-refractivity contribution in [3.63, 3.8) is 0 Å². The van der Waals surface area contributed by atoms with Crippen LogP contribution in [0.2, 0.25) is 0 Å². The van der Waals surface area contributed by atoms with Gasteiger partial charge in [0.05, 0.1) is 18.1 Å². The summed E-state index contributed by atoms with van der Waals surface area (Å²) < 4.78 is 13.1. The molecule has 4 rings (SSSR count). The first-order valence-electron chi connectivity index (χ1n) is 8.41. The summed E-state index contributed by atoms with van der Waals surface area (Å²) in [5, 5.41) is 8.49. The van der Waals surface area contributed by atoms with Gasteiger partial charge < -0.3 is 9.80 Å². The summed E-state index contributed by atoms with van der Waals surface area (Å²) in [5.41, 5.74) is 1.16. The maximum Gasteiger partial charge on any atom is 0.225 e. The molecule has 2 aliphatic rings. The average Bonchev–Trinajstić information content (AvgIpc) is 2.99. The normalized spacial score (nSPS) is 23.9. The second-order valence-electron chi connectivity index (χ2n) is 6.93. The Kier molecular flexibility index (Phi) is 3.78. The van der Waals surface area contributed by atoms with Gasteiger partial charge >= 0.3 is 0 Å². The Morgan fingerprint density at radius 1 is 1.00 bits per heavy atom. The van der Waals surface area contributed by atoms with Crippen molar-refractivity contribution in [1.29, 1.82) is 0 Å². The smallest absolute Gasteiger partial charge is 0.225 e. The minimum atomic E-state index is -0.393. The van der Waals surface area contributed by atoms with Crippen molar-refractivity contribution in [2.24, 2.45) is 5.41 Å². The van der Waals surface area contributed by atoms with Crippen molar-refractivity contribution >= 4 is 11.8 Å². The zero-order valence-corrected chi connectivity index (χ0v) is 13.8. The van der Waals surface area contributed by atoms with Crippen molar-refractivity contribution in [2.75, 3.05) is 36.0 Å². The van der Waals surface area contributed by atoms with Crippen LogP contribution in [0.4, 0.5) is 16.2 Å². The molecule has 2 aromatic rings. The van der Waals surface area contributed by atoms with E-state index in [-0.39, 0.29) is 5.41 Å². The lowest BCUT2D eigenvalue weighted by atomic mass is 9.79. The van der Waals surface area contributed by atoms with Crippen LogP contribution in [0, 0.1) is 18.2 Å². The molecule has 0 aliphatic carbocycles. The summed E-state index contributed by atoms with van der Waals surface area (Å²) in [6, 6.07) is 4.05. The largest absolute Gasteiger partial charge is 0.354 e. The van der Waals surface area contributed by atoms with Gasteiger partial charge in [-0.15, -0.1) is 5.10 Å². The van der Waals surface area contributed by atoms with Crippen molar-refractivity contribution < 1.29 is 4.39 Å². The summed E-state index contributed by atoms with van der Waals surface area (Å²) in [5.74, 6) is 1.19. The molecule has 0 unspecified atom stereocenters. The van der Waals surface area contributed by atoms with E-state index < -0.39 is 5.82 Å². The van der Waals surface area contributed by atoms with E-state index in [0.29, 0.717) is 5.95 Å². The summed E-state index contributed by atoms with van der Waals surface area (Å²) in [4.78, 5) is 12.8. The van der Waals surface area contributed by atoms with Crippen LogP contribution in [-0.2, 0) is 0 Å². The monoisotopic (exact) mass is 328 g/mol. The highest BCUT2D eigenvalue weighted by molar-refractivity contribution is 5.41. The van der Waals surface area contributed by atoms with E-state index in [9.17, 15) is 4.39 Å². The molecule has 24 heavy (non-hydrogen) atoms. The van der Waals surface area contributed by atoms with Gasteiger partial charge in [0.2, 0.25) is 5.95 Å². The lowest BCUT2D eigenvalue weighted by molar-refractivity contribution is 0.262. The minimum absolute atomic E-state index is 0.225. The van der Waals surface area contributed by atoms with Gasteiger partial charge in [-0.2, -0.15) is 5.10 Å². The Morgan fingerprint density at radius 2 is 1.79 bits per heavy atom. The Balaban J connectivity index is 1.49. The fraction of sp³-hybridized carbons (Fsp3) is 0.529. The molecule has 1 spiro atoms. The van der Waals surface area contributed by atoms with E-state index in [1.165, 1.54) is 18.8 Å². The number of aromatic nitrogens is 4. The van der Waals surface area contributed by atoms with Gasteiger partial charge in [0, 0.05) is 31.6 Å². The zero-order valence-electron chi connectivity index (χ0n) is 13.8. The maximum absolute atomic E-state index is 13.1. The van der Waals surface area contributed by atoms with Gasteiger partial charge in [0.1, 0.15) is 0 Å². The maximum atomic E-state index is 13.1. The third kappa shape index (κ3) is 2.90. The average molecular weight is 328 g/mol. The molecule has 126 valence electrons. The molecule has 7 heteroatoms. The highest BCUT2D eigenvalue weighted by atomic mass is 19.1. The summed E-state index contributed by atoms with van der Waals surface area (Å²) in [7, 11) is 0. The number of piperidine rings is 1. The van der Waals surface area contributed by atoms with Crippen LogP contribution in [0.15, 0.2) is 24.5 Å². The fourth-order valence-corrected chi connectivity index (χ4v) is 3.87. The molecule has 2 aromatic heterocycles. The first-order valence-corrected chi connectivity index (χ1v) is 8.41. The van der Waals surface area contributed by atoms with Crippen LogP contribution in [0.1, 0.15) is 25.0 Å². The number of halogens is 1. The molecule has 6 nitrogen and oxygen atoms in total. The topological polar surface area (TPSA) is 58.0 Å². The van der Waals surface area contributed by atoms with Gasteiger partial charge in [0.15, 0.2) is 11.6 Å². The van der Waals surface area contributed by atoms with Crippen LogP contribution in [0.5, 0.6) is 0 Å². The van der Waals surface area contributed by atoms with Gasteiger partial charge in [0.25, 0.3) is 0 Å². The van der Waals surface area contributed by atoms with E-state index in [1.54, 1.807) is 0 Å². The van der Waals surface area contributed by atoms with Crippen LogP contribution in [0.3, 0.4) is 0 Å². The lowest BCUT2D eigenvalue weighted by Crippen LogP contribution is -2.45. The first kappa shape index (κ1) is 15.2. The lowest BCUT2D eigenvalue weighted by Gasteiger charge is -2.40. The van der Waals surface area contributed by atoms with Gasteiger partial charge in [-0.05, 0) is 38.3 Å². The van der Waals surface area contributed by atoms with E-state index >= 15 is 0 Å². The standard InChI is InChI=1S/C17H21FN6/c1-13-3-4-15(22-21-13)23-8-6-17(11-23)5-2-7-24(12-17)16-19-9-14(18)10-20-16/h3-4,9-10H,2,5-8,11-12H2,1H3/t17-/m0/s1. The van der Waals surface area contributed by atoms with Crippen LogP contribution in [0.25, 0.3) is 0 Å². The van der Waals surface area contributed by atoms with Crippen LogP contribution in [-0.4, -0.2) is 46.3 Å². The van der Waals surface area contributed by atoms with E-state index in [1.807, 2.05) is 19.1 Å². The van der Waals surface area contributed by atoms with Gasteiger partial charge in [-0.1, -0.05) is 0 Å². The number of anilines is 2. The summed E-state index contributed by atoms with van der Waals surface area (Å²) in [6.07, 6.45) is 5.91. The van der Waals surface area contributed by atoms with Crippen LogP contribution < -0.4 is 9.80 Å². The second-order valence-corrected chi connectivity index (χ2v) is 6.93. The number of nitrogens with zero attached hydrogens (tertiary/aromatic N) is 6. The van der Waals surface area contributed by atoms with E-state index in [4.69, 9.17) is 0 Å². The van der Waals surface area contributed by atoms with Gasteiger partial charge in [-0.25, -0.2) is 14.4 Å². The van der Waals surface area contributed by atoms with Crippen molar-refractivity contribution in [3.05, 3.63) is 36.0 Å². The third-order valence-corrected chi connectivity index (χ3v) is 5.10. The Labute approximate surface area is 140 Å². The minimum Gasteiger partial charge on any atom is -0.354 e. The fourth-order valence-electron chi connectivity index (χ4n) is 3.87. The van der Waals surface area contributed by atoms with Crippen molar-refractivity contribution in [2.45, 2.75) is 26.2 Å². The molecule has 0 bridgehead atoms. The molecular formula is C17H21FN6. The van der Waals surface area contributed by atoms with Gasteiger partial charge in [-0.3, -0.25) is 0 Å². The van der Waals surface area contributed by atoms with Crippen molar-refractivity contribution in [3.8, 4) is 0 Å². The molecule has 1 atom stereocenters. The molecule has 4 heterocycles. The molecule has 0 aromatic carbocycles. The number of hydrogen-bond acceptors (Lipinski definition) is 6. The number of hydrogen-bond donors (Lipinski definition) is 0. The van der Waals surface area contributed by atoms with E-state index in [2.05, 4.69) is 30.0 Å². The Hall–Kier alpha value is -2.31. The molecule has 2 aliphatic heterocycles. The van der Waals surface area contributed by atoms with Crippen molar-refractivity contribution in [1.82, 2.24) is 20.2 Å². The molecule has 2 saturated heterocycles. The Bertz CT molecular complexity index is 704. The summed E-state index contributed by atoms with van der Waals surface area (Å²) >= 11 is 0. The summed E-state index contributed by atoms with van der Waals surface area (Å²) in [6.45, 7) is 5.76. The molecule has 0 amide bonds. The first-order chi connectivity index (χ1) is 11.6. The van der Waals surface area contributed by atoms with Crippen LogP contribution >= 0.6 is 0 Å². The molecular weight excluding hydrogens is 307 g/mol. The predicted octanol–water partition coefficient (Wildman–Crippen LogP) is 2.21. The van der Waals surface area contributed by atoms with E-state index in [0.717, 1.165) is 50.5 Å². The molecule has 0 saturated carbocycles. The molecule has 2 fully saturated rings. The molecule has 0 N–H and O–H groups in total. The highest BCUT2D eigenvalue weighted by Crippen LogP contribution is 2.40. The third-order valence-electron chi connectivity index (χ3n) is 5.10. The highest BCUT2D eigenvalue weighted by Gasteiger charge is 2.42. The molecule has 0 radical (unpaired) electrons. The second kappa shape index (κ2) is 5.96. The Morgan fingerprint density at radius 3 is 2.54 bits per heavy atom.